The highest BCUT2D eigenvalue weighted by Crippen LogP contribution is 2.14. The molecule has 0 atom stereocenters. The van der Waals surface area contributed by atoms with E-state index in [9.17, 15) is 4.79 Å². The van der Waals surface area contributed by atoms with Gasteiger partial charge < -0.3 is 4.90 Å². The zero-order valence-electron chi connectivity index (χ0n) is 11.5. The van der Waals surface area contributed by atoms with Gasteiger partial charge in [0, 0.05) is 19.2 Å². The van der Waals surface area contributed by atoms with E-state index in [4.69, 9.17) is 0 Å². The Morgan fingerprint density at radius 2 is 1.79 bits per heavy atom. The van der Waals surface area contributed by atoms with Gasteiger partial charge in [-0.3, -0.25) is 4.79 Å². The van der Waals surface area contributed by atoms with Crippen molar-refractivity contribution in [1.29, 1.82) is 0 Å². The molecule has 0 bridgehead atoms. The molecule has 0 amide bonds. The summed E-state index contributed by atoms with van der Waals surface area (Å²) in [6.45, 7) is 2.50. The first-order valence-corrected chi connectivity index (χ1v) is 6.48. The zero-order chi connectivity index (χ0) is 13.7. The van der Waals surface area contributed by atoms with Crippen LogP contribution in [0.1, 0.15) is 11.1 Å². The van der Waals surface area contributed by atoms with E-state index in [0.717, 1.165) is 11.3 Å². The first-order chi connectivity index (χ1) is 9.15. The van der Waals surface area contributed by atoms with Crippen molar-refractivity contribution in [2.45, 2.75) is 13.3 Å². The number of benzene rings is 2. The van der Waals surface area contributed by atoms with Crippen molar-refractivity contribution >= 4 is 11.5 Å². The summed E-state index contributed by atoms with van der Waals surface area (Å²) in [4.78, 5) is 14.0. The fourth-order valence-corrected chi connectivity index (χ4v) is 2.10. The molecule has 0 aliphatic heterocycles. The maximum Gasteiger partial charge on any atom is 0.156 e. The Morgan fingerprint density at radius 3 is 2.47 bits per heavy atom. The van der Waals surface area contributed by atoms with E-state index < -0.39 is 0 Å². The van der Waals surface area contributed by atoms with E-state index >= 15 is 0 Å². The molecular weight excluding hydrogens is 234 g/mol. The van der Waals surface area contributed by atoms with Gasteiger partial charge in [0.1, 0.15) is 0 Å². The second-order valence-corrected chi connectivity index (χ2v) is 4.90. The molecule has 0 fully saturated rings. The first-order valence-electron chi connectivity index (χ1n) is 6.48. The summed E-state index contributed by atoms with van der Waals surface area (Å²) in [5, 5.41) is 0. The number of anilines is 1. The summed E-state index contributed by atoms with van der Waals surface area (Å²) in [6.07, 6.45) is 0.497. The van der Waals surface area contributed by atoms with Crippen LogP contribution < -0.4 is 4.90 Å². The summed E-state index contributed by atoms with van der Waals surface area (Å²) in [5.74, 6) is 0.232. The zero-order valence-corrected chi connectivity index (χ0v) is 11.5. The van der Waals surface area contributed by atoms with Crippen LogP contribution >= 0.6 is 0 Å². The third-order valence-electron chi connectivity index (χ3n) is 3.10. The van der Waals surface area contributed by atoms with Crippen LogP contribution in [0.3, 0.4) is 0 Å². The van der Waals surface area contributed by atoms with Crippen molar-refractivity contribution in [3.63, 3.8) is 0 Å². The lowest BCUT2D eigenvalue weighted by atomic mass is 10.1. The number of ketones is 1. The van der Waals surface area contributed by atoms with Crippen molar-refractivity contribution in [2.24, 2.45) is 0 Å². The van der Waals surface area contributed by atoms with Crippen molar-refractivity contribution < 1.29 is 4.79 Å². The minimum absolute atomic E-state index is 0.232. The van der Waals surface area contributed by atoms with E-state index in [1.54, 1.807) is 0 Å². The Bertz CT molecular complexity index is 548. The molecule has 2 aromatic rings. The number of hydrogen-bond acceptors (Lipinski definition) is 2. The smallest absolute Gasteiger partial charge is 0.156 e. The lowest BCUT2D eigenvalue weighted by Gasteiger charge is -2.18. The average Bonchev–Trinajstić information content (AvgIpc) is 2.39. The van der Waals surface area contributed by atoms with E-state index in [-0.39, 0.29) is 5.78 Å². The third kappa shape index (κ3) is 3.95. The van der Waals surface area contributed by atoms with Gasteiger partial charge in [-0.15, -0.1) is 0 Å². The van der Waals surface area contributed by atoms with Gasteiger partial charge in [-0.05, 0) is 30.2 Å². The number of likely N-dealkylation sites (N-methyl/N-ethyl adjacent to an activating group) is 1. The maximum atomic E-state index is 12.0. The fourth-order valence-electron chi connectivity index (χ4n) is 2.10. The minimum Gasteiger partial charge on any atom is -0.367 e. The van der Waals surface area contributed by atoms with Gasteiger partial charge >= 0.3 is 0 Å². The van der Waals surface area contributed by atoms with Crippen molar-refractivity contribution in [1.82, 2.24) is 0 Å². The minimum atomic E-state index is 0.232. The van der Waals surface area contributed by atoms with Crippen molar-refractivity contribution in [2.75, 3.05) is 18.5 Å². The Hall–Kier alpha value is -2.09. The standard InChI is InChI=1S/C17H19NO/c1-14-7-6-10-16(11-14)18(2)13-17(19)12-15-8-4-3-5-9-15/h3-11H,12-13H2,1-2H3. The molecule has 2 rings (SSSR count). The maximum absolute atomic E-state index is 12.0. The van der Waals surface area contributed by atoms with Crippen LogP contribution in [0, 0.1) is 6.92 Å². The monoisotopic (exact) mass is 253 g/mol. The molecule has 0 N–H and O–H groups in total. The molecule has 0 aliphatic rings. The second-order valence-electron chi connectivity index (χ2n) is 4.90. The summed E-state index contributed by atoms with van der Waals surface area (Å²) in [6, 6.07) is 18.1. The molecule has 0 radical (unpaired) electrons. The van der Waals surface area contributed by atoms with Gasteiger partial charge in [-0.25, -0.2) is 0 Å². The molecule has 2 nitrogen and oxygen atoms in total. The van der Waals surface area contributed by atoms with Gasteiger partial charge in [0.25, 0.3) is 0 Å². The predicted molar refractivity (Wildman–Crippen MR) is 79.6 cm³/mol. The molecule has 0 unspecified atom stereocenters. The molecule has 2 heteroatoms. The van der Waals surface area contributed by atoms with Crippen LogP contribution in [-0.4, -0.2) is 19.4 Å². The second kappa shape index (κ2) is 6.19. The van der Waals surface area contributed by atoms with Crippen LogP contribution in [0.25, 0.3) is 0 Å². The van der Waals surface area contributed by atoms with Gasteiger partial charge in [-0.2, -0.15) is 0 Å². The lowest BCUT2D eigenvalue weighted by Crippen LogP contribution is -2.26. The molecule has 0 aliphatic carbocycles. The van der Waals surface area contributed by atoms with Gasteiger partial charge in [-0.1, -0.05) is 42.5 Å². The summed E-state index contributed by atoms with van der Waals surface area (Å²) in [7, 11) is 1.96. The molecule has 0 saturated carbocycles. The summed E-state index contributed by atoms with van der Waals surface area (Å²) in [5.41, 5.74) is 3.37. The molecule has 0 spiro atoms. The van der Waals surface area contributed by atoms with Crippen LogP contribution in [-0.2, 0) is 11.2 Å². The average molecular weight is 253 g/mol. The molecule has 2 aromatic carbocycles. The number of carbonyl (C=O) groups is 1. The molecule has 0 aromatic heterocycles. The van der Waals surface area contributed by atoms with E-state index in [1.165, 1.54) is 5.56 Å². The molecule has 98 valence electrons. The highest BCUT2D eigenvalue weighted by Gasteiger charge is 2.08. The topological polar surface area (TPSA) is 20.3 Å². The molecule has 0 heterocycles. The van der Waals surface area contributed by atoms with Gasteiger partial charge in [0.15, 0.2) is 5.78 Å². The van der Waals surface area contributed by atoms with E-state index in [0.29, 0.717) is 13.0 Å². The first kappa shape index (κ1) is 13.3. The Morgan fingerprint density at radius 1 is 1.05 bits per heavy atom. The summed E-state index contributed by atoms with van der Waals surface area (Å²) >= 11 is 0. The van der Waals surface area contributed by atoms with Crippen LogP contribution in [0.15, 0.2) is 54.6 Å². The summed E-state index contributed by atoms with van der Waals surface area (Å²) < 4.78 is 0. The Balaban J connectivity index is 1.95. The molecular formula is C17H19NO. The predicted octanol–water partition coefficient (Wildman–Crippen LogP) is 3.24. The van der Waals surface area contributed by atoms with Gasteiger partial charge in [0.2, 0.25) is 0 Å². The van der Waals surface area contributed by atoms with Gasteiger partial charge in [0.05, 0.1) is 6.54 Å². The third-order valence-corrected chi connectivity index (χ3v) is 3.10. The fraction of sp³-hybridized carbons (Fsp3) is 0.235. The van der Waals surface area contributed by atoms with E-state index in [1.807, 2.05) is 54.4 Å². The van der Waals surface area contributed by atoms with Crippen LogP contribution in [0.4, 0.5) is 5.69 Å². The lowest BCUT2D eigenvalue weighted by molar-refractivity contribution is -0.117. The van der Waals surface area contributed by atoms with Crippen LogP contribution in [0.2, 0.25) is 0 Å². The normalized spacial score (nSPS) is 10.2. The number of nitrogens with zero attached hydrogens (tertiary/aromatic N) is 1. The molecule has 19 heavy (non-hydrogen) atoms. The highest BCUT2D eigenvalue weighted by atomic mass is 16.1. The number of aryl methyl sites for hydroxylation is 1. The Kier molecular flexibility index (Phi) is 4.35. The highest BCUT2D eigenvalue weighted by molar-refractivity contribution is 5.85. The molecule has 0 saturated heterocycles. The quantitative estimate of drug-likeness (QED) is 0.815. The number of Topliss-reactive ketones (excluding diaryl/α,β-unsaturated/α-hetero) is 1. The van der Waals surface area contributed by atoms with Crippen molar-refractivity contribution in [3.8, 4) is 0 Å². The number of hydrogen-bond donors (Lipinski definition) is 0. The number of rotatable bonds is 5. The Labute approximate surface area is 114 Å². The number of carbonyl (C=O) groups excluding carboxylic acids is 1. The largest absolute Gasteiger partial charge is 0.367 e. The van der Waals surface area contributed by atoms with Crippen molar-refractivity contribution in [3.05, 3.63) is 65.7 Å². The van der Waals surface area contributed by atoms with E-state index in [2.05, 4.69) is 19.1 Å². The van der Waals surface area contributed by atoms with Crippen LogP contribution in [0.5, 0.6) is 0 Å². The SMILES string of the molecule is Cc1cccc(N(C)CC(=O)Cc2ccccc2)c1.